The summed E-state index contributed by atoms with van der Waals surface area (Å²) in [6.45, 7) is 8.39. The molecule has 0 spiro atoms. The summed E-state index contributed by atoms with van der Waals surface area (Å²) in [6, 6.07) is 12.7. The molecule has 0 saturated carbocycles. The zero-order chi connectivity index (χ0) is 15.2. The Morgan fingerprint density at radius 3 is 2.62 bits per heavy atom. The Kier molecular flexibility index (Phi) is 6.16. The number of aryl methyl sites for hydroxylation is 2. The maximum absolute atomic E-state index is 6.18. The molecule has 0 saturated heterocycles. The van der Waals surface area contributed by atoms with E-state index >= 15 is 0 Å². The van der Waals surface area contributed by atoms with E-state index in [1.54, 1.807) is 11.8 Å². The first-order valence-electron chi connectivity index (χ1n) is 7.34. The fraction of sp³-hybridized carbons (Fsp3) is 0.333. The molecule has 0 amide bonds. The predicted molar refractivity (Wildman–Crippen MR) is 93.5 cm³/mol. The quantitative estimate of drug-likeness (QED) is 0.695. The summed E-state index contributed by atoms with van der Waals surface area (Å²) in [5.41, 5.74) is 3.90. The highest BCUT2D eigenvalue weighted by Crippen LogP contribution is 2.34. The lowest BCUT2D eigenvalue weighted by molar-refractivity contribution is 0.669. The van der Waals surface area contributed by atoms with Gasteiger partial charge in [-0.25, -0.2) is 0 Å². The van der Waals surface area contributed by atoms with Crippen molar-refractivity contribution in [3.63, 3.8) is 0 Å². The molecule has 0 radical (unpaired) electrons. The first-order valence-corrected chi connectivity index (χ1v) is 8.54. The van der Waals surface area contributed by atoms with Crippen molar-refractivity contribution < 1.29 is 0 Å². The van der Waals surface area contributed by atoms with Gasteiger partial charge in [-0.2, -0.15) is 0 Å². The molecule has 2 rings (SSSR count). The minimum absolute atomic E-state index is 0.794. The summed E-state index contributed by atoms with van der Waals surface area (Å²) in [5, 5.41) is 4.26. The van der Waals surface area contributed by atoms with E-state index in [1.165, 1.54) is 26.5 Å². The van der Waals surface area contributed by atoms with Crippen LogP contribution in [0.3, 0.4) is 0 Å². The molecule has 1 nitrogen and oxygen atoms in total. The van der Waals surface area contributed by atoms with Crippen LogP contribution >= 0.6 is 23.4 Å². The van der Waals surface area contributed by atoms with Gasteiger partial charge in [-0.05, 0) is 61.7 Å². The van der Waals surface area contributed by atoms with E-state index in [9.17, 15) is 0 Å². The second-order valence-electron chi connectivity index (χ2n) is 5.30. The van der Waals surface area contributed by atoms with Crippen molar-refractivity contribution in [3.8, 4) is 0 Å². The van der Waals surface area contributed by atoms with Crippen molar-refractivity contribution in [2.75, 3.05) is 6.54 Å². The predicted octanol–water partition coefficient (Wildman–Crippen LogP) is 5.61. The number of nitrogens with one attached hydrogen (secondary N) is 1. The van der Waals surface area contributed by atoms with E-state index in [-0.39, 0.29) is 0 Å². The van der Waals surface area contributed by atoms with Crippen LogP contribution in [0.1, 0.15) is 30.0 Å². The zero-order valence-electron chi connectivity index (χ0n) is 12.9. The Balaban J connectivity index is 2.25. The molecule has 21 heavy (non-hydrogen) atoms. The van der Waals surface area contributed by atoms with Crippen LogP contribution < -0.4 is 5.32 Å². The first-order chi connectivity index (χ1) is 10.1. The summed E-state index contributed by atoms with van der Waals surface area (Å²) in [6.07, 6.45) is 1.15. The first kappa shape index (κ1) is 16.4. The number of hydrogen-bond acceptors (Lipinski definition) is 2. The van der Waals surface area contributed by atoms with Crippen molar-refractivity contribution in [2.45, 2.75) is 43.5 Å². The fourth-order valence-electron chi connectivity index (χ4n) is 2.10. The highest BCUT2D eigenvalue weighted by molar-refractivity contribution is 7.99. The van der Waals surface area contributed by atoms with Gasteiger partial charge in [0.05, 0.1) is 0 Å². The molecule has 0 aliphatic rings. The smallest absolute Gasteiger partial charge is 0.0417 e. The molecule has 0 atom stereocenters. The van der Waals surface area contributed by atoms with Gasteiger partial charge in [-0.3, -0.25) is 0 Å². The summed E-state index contributed by atoms with van der Waals surface area (Å²) >= 11 is 7.98. The van der Waals surface area contributed by atoms with Crippen molar-refractivity contribution in [2.24, 2.45) is 0 Å². The van der Waals surface area contributed by atoms with Gasteiger partial charge in [-0.1, -0.05) is 48.5 Å². The second kappa shape index (κ2) is 7.88. The van der Waals surface area contributed by atoms with Crippen LogP contribution in [0, 0.1) is 13.8 Å². The Hall–Kier alpha value is -0.960. The standard InChI is InChI=1S/C18H22ClNS/c1-4-9-20-12-15-7-8-16(19)11-18(15)21-17-10-13(2)5-6-14(17)3/h5-8,10-11,20H,4,9,12H2,1-3H3. The van der Waals surface area contributed by atoms with Crippen LogP contribution in [0.15, 0.2) is 46.2 Å². The van der Waals surface area contributed by atoms with Gasteiger partial charge >= 0.3 is 0 Å². The molecule has 0 heterocycles. The summed E-state index contributed by atoms with van der Waals surface area (Å²) in [7, 11) is 0. The van der Waals surface area contributed by atoms with E-state index in [1.807, 2.05) is 6.07 Å². The Labute approximate surface area is 137 Å². The van der Waals surface area contributed by atoms with Crippen molar-refractivity contribution in [3.05, 3.63) is 58.1 Å². The molecule has 2 aromatic rings. The fourth-order valence-corrected chi connectivity index (χ4v) is 3.51. The van der Waals surface area contributed by atoms with Crippen LogP contribution in [-0.2, 0) is 6.54 Å². The molecule has 0 fully saturated rings. The minimum Gasteiger partial charge on any atom is -0.313 e. The molecule has 0 bridgehead atoms. The van der Waals surface area contributed by atoms with Crippen LogP contribution in [0.5, 0.6) is 0 Å². The van der Waals surface area contributed by atoms with E-state index in [0.29, 0.717) is 0 Å². The normalized spacial score (nSPS) is 10.9. The lowest BCUT2D eigenvalue weighted by atomic mass is 10.2. The minimum atomic E-state index is 0.794. The van der Waals surface area contributed by atoms with Crippen molar-refractivity contribution in [1.29, 1.82) is 0 Å². The van der Waals surface area contributed by atoms with Gasteiger partial charge in [0.2, 0.25) is 0 Å². The molecule has 0 aromatic heterocycles. The van der Waals surface area contributed by atoms with Gasteiger partial charge < -0.3 is 5.32 Å². The maximum atomic E-state index is 6.18. The van der Waals surface area contributed by atoms with E-state index in [0.717, 1.165) is 24.5 Å². The average molecular weight is 320 g/mol. The third-order valence-electron chi connectivity index (χ3n) is 3.33. The Morgan fingerprint density at radius 2 is 1.86 bits per heavy atom. The monoisotopic (exact) mass is 319 g/mol. The van der Waals surface area contributed by atoms with Crippen LogP contribution in [0.4, 0.5) is 0 Å². The van der Waals surface area contributed by atoms with Crippen LogP contribution in [0.2, 0.25) is 5.02 Å². The lowest BCUT2D eigenvalue weighted by Gasteiger charge is -2.12. The highest BCUT2D eigenvalue weighted by Gasteiger charge is 2.08. The van der Waals surface area contributed by atoms with Gasteiger partial charge in [0.1, 0.15) is 0 Å². The Morgan fingerprint density at radius 1 is 1.05 bits per heavy atom. The van der Waals surface area contributed by atoms with E-state index in [4.69, 9.17) is 11.6 Å². The second-order valence-corrected chi connectivity index (χ2v) is 6.82. The number of rotatable bonds is 6. The van der Waals surface area contributed by atoms with E-state index < -0.39 is 0 Å². The number of benzene rings is 2. The summed E-state index contributed by atoms with van der Waals surface area (Å²) in [4.78, 5) is 2.54. The van der Waals surface area contributed by atoms with Gasteiger partial charge in [-0.15, -0.1) is 0 Å². The third kappa shape index (κ3) is 4.77. The topological polar surface area (TPSA) is 12.0 Å². The molecule has 0 aliphatic carbocycles. The molecular weight excluding hydrogens is 298 g/mol. The Bertz CT molecular complexity index is 610. The van der Waals surface area contributed by atoms with Crippen LogP contribution in [0.25, 0.3) is 0 Å². The van der Waals surface area contributed by atoms with Gasteiger partial charge in [0, 0.05) is 21.4 Å². The van der Waals surface area contributed by atoms with Crippen LogP contribution in [-0.4, -0.2) is 6.54 Å². The molecular formula is C18H22ClNS. The van der Waals surface area contributed by atoms with Crippen molar-refractivity contribution >= 4 is 23.4 Å². The molecule has 3 heteroatoms. The number of hydrogen-bond donors (Lipinski definition) is 1. The SMILES string of the molecule is CCCNCc1ccc(Cl)cc1Sc1cc(C)ccc1C. The van der Waals surface area contributed by atoms with Gasteiger partial charge in [0.15, 0.2) is 0 Å². The molecule has 112 valence electrons. The van der Waals surface area contributed by atoms with Gasteiger partial charge in [0.25, 0.3) is 0 Å². The third-order valence-corrected chi connectivity index (χ3v) is 4.83. The number of halogens is 1. The molecule has 0 unspecified atom stereocenters. The maximum Gasteiger partial charge on any atom is 0.0417 e. The lowest BCUT2D eigenvalue weighted by Crippen LogP contribution is -2.14. The molecule has 1 N–H and O–H groups in total. The molecule has 0 aliphatic heterocycles. The summed E-state index contributed by atoms with van der Waals surface area (Å²) in [5.74, 6) is 0. The highest BCUT2D eigenvalue weighted by atomic mass is 35.5. The average Bonchev–Trinajstić information content (AvgIpc) is 2.45. The molecule has 2 aromatic carbocycles. The zero-order valence-corrected chi connectivity index (χ0v) is 14.4. The van der Waals surface area contributed by atoms with Crippen molar-refractivity contribution in [1.82, 2.24) is 5.32 Å². The van der Waals surface area contributed by atoms with E-state index in [2.05, 4.69) is 56.4 Å². The summed E-state index contributed by atoms with van der Waals surface area (Å²) < 4.78 is 0. The largest absolute Gasteiger partial charge is 0.313 e.